The van der Waals surface area contributed by atoms with Crippen LogP contribution in [0.5, 0.6) is 0 Å². The Labute approximate surface area is 73.4 Å². The zero-order chi connectivity index (χ0) is 9.56. The van der Waals surface area contributed by atoms with Crippen molar-refractivity contribution in [2.75, 3.05) is 6.61 Å². The van der Waals surface area contributed by atoms with E-state index in [1.165, 1.54) is 0 Å². The lowest BCUT2D eigenvalue weighted by molar-refractivity contribution is -0.124. The number of rotatable bonds is 6. The first-order chi connectivity index (χ1) is 5.57. The van der Waals surface area contributed by atoms with Gasteiger partial charge < -0.3 is 10.6 Å². The maximum Gasteiger partial charge on any atom is 0.236 e. The molecule has 0 aromatic heterocycles. The minimum Gasteiger partial charge on any atom is -0.368 e. The van der Waals surface area contributed by atoms with E-state index in [0.717, 1.165) is 0 Å². The second kappa shape index (κ2) is 5.97. The highest BCUT2D eigenvalue weighted by molar-refractivity contribution is 5.79. The number of carbonyl (C=O) groups excluding carboxylic acids is 1. The van der Waals surface area contributed by atoms with Crippen molar-refractivity contribution in [2.24, 2.45) is 11.7 Å². The van der Waals surface area contributed by atoms with Gasteiger partial charge in [-0.25, -0.2) is 0 Å². The number of nitrogens with two attached hydrogens (primary N) is 1. The van der Waals surface area contributed by atoms with E-state index < -0.39 is 0 Å². The zero-order valence-corrected chi connectivity index (χ0v) is 7.96. The van der Waals surface area contributed by atoms with Crippen LogP contribution >= 0.6 is 0 Å². The number of carbonyl (C=O) groups is 1. The summed E-state index contributed by atoms with van der Waals surface area (Å²) in [5.74, 6) is 0.0733. The third-order valence-corrected chi connectivity index (χ3v) is 1.39. The fourth-order valence-corrected chi connectivity index (χ4v) is 0.658. The Morgan fingerprint density at radius 1 is 1.58 bits per heavy atom. The fraction of sp³-hybridized carbons (Fsp3) is 0.875. The van der Waals surface area contributed by atoms with Crippen molar-refractivity contribution in [1.29, 1.82) is 0 Å². The Kier molecular flexibility index (Phi) is 5.66. The van der Waals surface area contributed by atoms with Gasteiger partial charge in [-0.3, -0.25) is 4.79 Å². The number of hydrogen-bond donors (Lipinski definition) is 2. The molecular weight excluding hydrogens is 156 g/mol. The number of hydroxylamine groups is 1. The maximum atomic E-state index is 10.7. The Hall–Kier alpha value is -0.610. The normalized spacial score (nSPS) is 13.3. The van der Waals surface area contributed by atoms with Crippen molar-refractivity contribution in [3.8, 4) is 0 Å². The summed E-state index contributed by atoms with van der Waals surface area (Å²) in [5, 5.41) is 0. The summed E-state index contributed by atoms with van der Waals surface area (Å²) in [6, 6.07) is -0.372. The van der Waals surface area contributed by atoms with Gasteiger partial charge in [0.1, 0.15) is 6.04 Å². The molecule has 0 saturated carbocycles. The van der Waals surface area contributed by atoms with E-state index in [4.69, 9.17) is 10.6 Å². The summed E-state index contributed by atoms with van der Waals surface area (Å²) >= 11 is 0. The highest BCUT2D eigenvalue weighted by atomic mass is 16.6. The fourth-order valence-electron chi connectivity index (χ4n) is 0.658. The van der Waals surface area contributed by atoms with Gasteiger partial charge in [-0.1, -0.05) is 20.8 Å². The van der Waals surface area contributed by atoms with Crippen molar-refractivity contribution < 1.29 is 9.63 Å². The van der Waals surface area contributed by atoms with Gasteiger partial charge in [-0.2, -0.15) is 5.48 Å². The molecule has 0 aliphatic carbocycles. The molecule has 0 saturated heterocycles. The molecular formula is C8H18N2O2. The van der Waals surface area contributed by atoms with Crippen molar-refractivity contribution in [2.45, 2.75) is 33.2 Å². The Bertz CT molecular complexity index is 137. The molecule has 12 heavy (non-hydrogen) atoms. The number of primary amides is 1. The van der Waals surface area contributed by atoms with Crippen molar-refractivity contribution in [1.82, 2.24) is 5.48 Å². The molecule has 0 aromatic carbocycles. The van der Waals surface area contributed by atoms with Gasteiger partial charge in [-0.15, -0.1) is 0 Å². The standard InChI is InChI=1S/C8H18N2O2/c1-4-7(8(9)11)10-12-5-6(2)3/h6-7,10H,4-5H2,1-3H3,(H2,9,11). The van der Waals surface area contributed by atoms with Crippen LogP contribution in [0.15, 0.2) is 0 Å². The molecule has 0 radical (unpaired) electrons. The lowest BCUT2D eigenvalue weighted by atomic mass is 10.2. The molecule has 0 aliphatic rings. The second-order valence-electron chi connectivity index (χ2n) is 3.19. The van der Waals surface area contributed by atoms with Crippen LogP contribution in [0.1, 0.15) is 27.2 Å². The van der Waals surface area contributed by atoms with Crippen LogP contribution in [0.25, 0.3) is 0 Å². The SMILES string of the molecule is CCC(NOCC(C)C)C(N)=O. The second-order valence-corrected chi connectivity index (χ2v) is 3.19. The van der Waals surface area contributed by atoms with Crippen LogP contribution in [0.2, 0.25) is 0 Å². The quantitative estimate of drug-likeness (QED) is 0.574. The minimum atomic E-state index is -0.374. The maximum absolute atomic E-state index is 10.7. The first kappa shape index (κ1) is 11.4. The van der Waals surface area contributed by atoms with Gasteiger partial charge in [-0.05, 0) is 12.3 Å². The monoisotopic (exact) mass is 174 g/mol. The van der Waals surface area contributed by atoms with E-state index in [-0.39, 0.29) is 11.9 Å². The molecule has 0 fully saturated rings. The predicted molar refractivity (Wildman–Crippen MR) is 47.2 cm³/mol. The predicted octanol–water partition coefficient (Wildman–Crippen LogP) is 0.428. The van der Waals surface area contributed by atoms with Crippen molar-refractivity contribution in [3.63, 3.8) is 0 Å². The van der Waals surface area contributed by atoms with Crippen molar-refractivity contribution in [3.05, 3.63) is 0 Å². The van der Waals surface area contributed by atoms with E-state index >= 15 is 0 Å². The van der Waals surface area contributed by atoms with E-state index in [1.54, 1.807) is 0 Å². The molecule has 0 bridgehead atoms. The highest BCUT2D eigenvalue weighted by Gasteiger charge is 2.11. The Morgan fingerprint density at radius 3 is 2.50 bits per heavy atom. The molecule has 0 aromatic rings. The first-order valence-corrected chi connectivity index (χ1v) is 4.24. The molecule has 1 atom stereocenters. The van der Waals surface area contributed by atoms with Crippen LogP contribution in [-0.2, 0) is 9.63 Å². The number of amides is 1. The largest absolute Gasteiger partial charge is 0.368 e. The van der Waals surface area contributed by atoms with Crippen LogP contribution in [0.4, 0.5) is 0 Å². The van der Waals surface area contributed by atoms with Gasteiger partial charge in [0, 0.05) is 0 Å². The van der Waals surface area contributed by atoms with Crippen LogP contribution < -0.4 is 11.2 Å². The highest BCUT2D eigenvalue weighted by Crippen LogP contribution is 1.93. The molecule has 4 heteroatoms. The molecule has 1 amide bonds. The third kappa shape index (κ3) is 5.09. The van der Waals surface area contributed by atoms with Crippen LogP contribution in [0, 0.1) is 5.92 Å². The first-order valence-electron chi connectivity index (χ1n) is 4.24. The summed E-state index contributed by atoms with van der Waals surface area (Å²) in [6.45, 7) is 6.53. The van der Waals surface area contributed by atoms with Crippen LogP contribution in [0.3, 0.4) is 0 Å². The Balaban J connectivity index is 3.52. The van der Waals surface area contributed by atoms with E-state index in [2.05, 4.69) is 5.48 Å². The smallest absolute Gasteiger partial charge is 0.236 e. The molecule has 0 rings (SSSR count). The van der Waals surface area contributed by atoms with Gasteiger partial charge in [0.15, 0.2) is 0 Å². The van der Waals surface area contributed by atoms with E-state index in [1.807, 2.05) is 20.8 Å². The summed E-state index contributed by atoms with van der Waals surface area (Å²) in [6.07, 6.45) is 0.646. The Morgan fingerprint density at radius 2 is 2.17 bits per heavy atom. The van der Waals surface area contributed by atoms with E-state index in [9.17, 15) is 4.79 Å². The lowest BCUT2D eigenvalue weighted by Gasteiger charge is -2.13. The molecule has 0 aliphatic heterocycles. The third-order valence-electron chi connectivity index (χ3n) is 1.39. The molecule has 4 nitrogen and oxygen atoms in total. The zero-order valence-electron chi connectivity index (χ0n) is 7.96. The molecule has 0 spiro atoms. The topological polar surface area (TPSA) is 64.3 Å². The molecule has 0 heterocycles. The number of hydrogen-bond acceptors (Lipinski definition) is 3. The van der Waals surface area contributed by atoms with Gasteiger partial charge >= 0.3 is 0 Å². The average molecular weight is 174 g/mol. The number of nitrogens with one attached hydrogen (secondary N) is 1. The van der Waals surface area contributed by atoms with Gasteiger partial charge in [0.05, 0.1) is 6.61 Å². The average Bonchev–Trinajstić information content (AvgIpc) is 1.96. The summed E-state index contributed by atoms with van der Waals surface area (Å²) < 4.78 is 0. The van der Waals surface area contributed by atoms with E-state index in [0.29, 0.717) is 18.9 Å². The molecule has 1 unspecified atom stereocenters. The lowest BCUT2D eigenvalue weighted by Crippen LogP contribution is -2.41. The van der Waals surface area contributed by atoms with Crippen molar-refractivity contribution >= 4 is 5.91 Å². The van der Waals surface area contributed by atoms with Gasteiger partial charge in [0.2, 0.25) is 5.91 Å². The van der Waals surface area contributed by atoms with Gasteiger partial charge in [0.25, 0.3) is 0 Å². The molecule has 72 valence electrons. The summed E-state index contributed by atoms with van der Waals surface area (Å²) in [7, 11) is 0. The summed E-state index contributed by atoms with van der Waals surface area (Å²) in [5.41, 5.74) is 7.71. The van der Waals surface area contributed by atoms with Crippen LogP contribution in [-0.4, -0.2) is 18.6 Å². The molecule has 3 N–H and O–H groups in total. The summed E-state index contributed by atoms with van der Waals surface area (Å²) in [4.78, 5) is 15.7. The minimum absolute atomic E-state index is 0.372.